The summed E-state index contributed by atoms with van der Waals surface area (Å²) in [5, 5.41) is 24.6. The number of hydrogen-bond donors (Lipinski definition) is 1. The van der Waals surface area contributed by atoms with E-state index in [0.29, 0.717) is 36.9 Å². The van der Waals surface area contributed by atoms with E-state index >= 15 is 0 Å². The van der Waals surface area contributed by atoms with Crippen LogP contribution in [0.25, 0.3) is 11.7 Å². The van der Waals surface area contributed by atoms with Gasteiger partial charge in [0.05, 0.1) is 12.0 Å². The maximum absolute atomic E-state index is 8.77. The molecule has 3 rings (SSSR count). The van der Waals surface area contributed by atoms with E-state index < -0.39 is 0 Å². The molecule has 0 aliphatic carbocycles. The van der Waals surface area contributed by atoms with E-state index in [0.717, 1.165) is 5.69 Å². The quantitative estimate of drug-likeness (QED) is 0.712. The third-order valence-corrected chi connectivity index (χ3v) is 2.67. The van der Waals surface area contributed by atoms with E-state index in [9.17, 15) is 0 Å². The molecule has 0 aliphatic rings. The predicted octanol–water partition coefficient (Wildman–Crippen LogP) is 0.894. The van der Waals surface area contributed by atoms with E-state index in [-0.39, 0.29) is 6.61 Å². The summed E-state index contributed by atoms with van der Waals surface area (Å²) < 4.78 is 12.3. The number of aliphatic hydroxyl groups excluding tert-OH is 1. The number of aliphatic hydroxyl groups is 1. The number of furan rings is 1. The standard InChI is InChI=1S/C12H13N5O3/c18-5-1-3-9-7-17(16-13-9)8-11-14-15-12(20-11)10-4-2-6-19-10/h2,4,6-7,18H,1,3,5,8H2. The Morgan fingerprint density at radius 3 is 3.00 bits per heavy atom. The molecule has 0 fully saturated rings. The molecule has 0 aliphatic heterocycles. The van der Waals surface area contributed by atoms with Crippen LogP contribution in [0.1, 0.15) is 18.0 Å². The molecule has 3 heterocycles. The van der Waals surface area contributed by atoms with E-state index in [1.165, 1.54) is 0 Å². The summed E-state index contributed by atoms with van der Waals surface area (Å²) >= 11 is 0. The Bertz CT molecular complexity index is 658. The fraction of sp³-hybridized carbons (Fsp3) is 0.333. The van der Waals surface area contributed by atoms with E-state index in [1.54, 1.807) is 29.3 Å². The van der Waals surface area contributed by atoms with Crippen LogP contribution in [0.4, 0.5) is 0 Å². The van der Waals surface area contributed by atoms with E-state index in [1.807, 2.05) is 0 Å². The normalized spacial score (nSPS) is 11.1. The minimum absolute atomic E-state index is 0.142. The summed E-state index contributed by atoms with van der Waals surface area (Å²) in [6.45, 7) is 0.489. The summed E-state index contributed by atoms with van der Waals surface area (Å²) in [7, 11) is 0. The fourth-order valence-corrected chi connectivity index (χ4v) is 1.75. The van der Waals surface area contributed by atoms with Gasteiger partial charge in [0, 0.05) is 12.8 Å². The lowest BCUT2D eigenvalue weighted by molar-refractivity contribution is 0.288. The number of rotatable bonds is 6. The summed E-state index contributed by atoms with van der Waals surface area (Å²) in [5.74, 6) is 1.30. The van der Waals surface area contributed by atoms with Gasteiger partial charge >= 0.3 is 0 Å². The summed E-state index contributed by atoms with van der Waals surface area (Å²) in [5.41, 5.74) is 0.824. The van der Waals surface area contributed by atoms with Crippen molar-refractivity contribution in [2.75, 3.05) is 6.61 Å². The van der Waals surface area contributed by atoms with Crippen molar-refractivity contribution in [1.29, 1.82) is 0 Å². The lowest BCUT2D eigenvalue weighted by Gasteiger charge is -1.93. The van der Waals surface area contributed by atoms with Gasteiger partial charge in [0.2, 0.25) is 5.89 Å². The molecule has 8 heteroatoms. The molecule has 20 heavy (non-hydrogen) atoms. The van der Waals surface area contributed by atoms with Crippen LogP contribution < -0.4 is 0 Å². The highest BCUT2D eigenvalue weighted by atomic mass is 16.4. The molecule has 3 aromatic heterocycles. The second-order valence-electron chi connectivity index (χ2n) is 4.21. The maximum Gasteiger partial charge on any atom is 0.283 e. The molecule has 3 aromatic rings. The number of hydrogen-bond acceptors (Lipinski definition) is 7. The molecule has 8 nitrogen and oxygen atoms in total. The van der Waals surface area contributed by atoms with Gasteiger partial charge in [-0.1, -0.05) is 5.21 Å². The van der Waals surface area contributed by atoms with Gasteiger partial charge in [0.1, 0.15) is 6.54 Å². The lowest BCUT2D eigenvalue weighted by Crippen LogP contribution is -2.00. The van der Waals surface area contributed by atoms with Crippen molar-refractivity contribution in [3.05, 3.63) is 36.2 Å². The molecule has 0 saturated carbocycles. The van der Waals surface area contributed by atoms with Crippen LogP contribution >= 0.6 is 0 Å². The van der Waals surface area contributed by atoms with Crippen LogP contribution in [0.3, 0.4) is 0 Å². The molecular weight excluding hydrogens is 262 g/mol. The first-order chi connectivity index (χ1) is 9.85. The van der Waals surface area contributed by atoms with Crippen LogP contribution in [0.15, 0.2) is 33.4 Å². The summed E-state index contributed by atoms with van der Waals surface area (Å²) in [6, 6.07) is 3.50. The van der Waals surface area contributed by atoms with Gasteiger partial charge in [-0.05, 0) is 25.0 Å². The highest BCUT2D eigenvalue weighted by Gasteiger charge is 2.11. The molecule has 104 valence electrons. The molecule has 0 atom stereocenters. The topological polar surface area (TPSA) is 103 Å². The van der Waals surface area contributed by atoms with E-state index in [4.69, 9.17) is 13.9 Å². The average Bonchev–Trinajstić information content (AvgIpc) is 3.18. The first kappa shape index (κ1) is 12.5. The van der Waals surface area contributed by atoms with Crippen molar-refractivity contribution >= 4 is 0 Å². The molecule has 0 spiro atoms. The zero-order chi connectivity index (χ0) is 13.8. The lowest BCUT2D eigenvalue weighted by atomic mass is 10.3. The molecule has 0 aromatic carbocycles. The minimum Gasteiger partial charge on any atom is -0.459 e. The Balaban J connectivity index is 1.67. The van der Waals surface area contributed by atoms with Crippen molar-refractivity contribution < 1.29 is 13.9 Å². The predicted molar refractivity (Wildman–Crippen MR) is 66.5 cm³/mol. The molecule has 0 unspecified atom stereocenters. The number of aryl methyl sites for hydroxylation is 1. The first-order valence-electron chi connectivity index (χ1n) is 6.21. The third-order valence-electron chi connectivity index (χ3n) is 2.67. The SMILES string of the molecule is OCCCc1cn(Cc2nnc(-c3ccco3)o2)nn1. The van der Waals surface area contributed by atoms with Crippen LogP contribution in [0, 0.1) is 0 Å². The highest BCUT2D eigenvalue weighted by molar-refractivity contribution is 5.42. The van der Waals surface area contributed by atoms with Crippen LogP contribution in [-0.4, -0.2) is 36.9 Å². The number of nitrogens with zero attached hydrogens (tertiary/aromatic N) is 5. The third kappa shape index (κ3) is 2.75. The van der Waals surface area contributed by atoms with Gasteiger partial charge in [-0.2, -0.15) is 0 Å². The van der Waals surface area contributed by atoms with Crippen LogP contribution in [0.2, 0.25) is 0 Å². The van der Waals surface area contributed by atoms with Gasteiger partial charge in [0.25, 0.3) is 5.89 Å². The Labute approximate surface area is 114 Å². The zero-order valence-corrected chi connectivity index (χ0v) is 10.6. The van der Waals surface area contributed by atoms with Crippen molar-refractivity contribution in [3.8, 4) is 11.7 Å². The van der Waals surface area contributed by atoms with Crippen molar-refractivity contribution in [2.24, 2.45) is 0 Å². The fourth-order valence-electron chi connectivity index (χ4n) is 1.75. The van der Waals surface area contributed by atoms with Gasteiger partial charge < -0.3 is 13.9 Å². The van der Waals surface area contributed by atoms with Crippen LogP contribution in [-0.2, 0) is 13.0 Å². The summed E-state index contributed by atoms with van der Waals surface area (Å²) in [6.07, 6.45) is 4.70. The molecule has 1 N–H and O–H groups in total. The smallest absolute Gasteiger partial charge is 0.283 e. The molecule has 0 amide bonds. The zero-order valence-electron chi connectivity index (χ0n) is 10.6. The Kier molecular flexibility index (Phi) is 3.55. The highest BCUT2D eigenvalue weighted by Crippen LogP contribution is 2.18. The van der Waals surface area contributed by atoms with Crippen molar-refractivity contribution in [2.45, 2.75) is 19.4 Å². The average molecular weight is 275 g/mol. The van der Waals surface area contributed by atoms with Gasteiger partial charge in [0.15, 0.2) is 5.76 Å². The number of aromatic nitrogens is 5. The second-order valence-corrected chi connectivity index (χ2v) is 4.21. The van der Waals surface area contributed by atoms with Crippen molar-refractivity contribution in [1.82, 2.24) is 25.2 Å². The largest absolute Gasteiger partial charge is 0.459 e. The van der Waals surface area contributed by atoms with Gasteiger partial charge in [-0.25, -0.2) is 4.68 Å². The Morgan fingerprint density at radius 2 is 2.20 bits per heavy atom. The molecule has 0 radical (unpaired) electrons. The summed E-state index contributed by atoms with van der Waals surface area (Å²) in [4.78, 5) is 0. The maximum atomic E-state index is 8.77. The molecular formula is C12H13N5O3. The second kappa shape index (κ2) is 5.66. The van der Waals surface area contributed by atoms with Crippen molar-refractivity contribution in [3.63, 3.8) is 0 Å². The molecule has 0 saturated heterocycles. The monoisotopic (exact) mass is 275 g/mol. The molecule has 0 bridgehead atoms. The van der Waals surface area contributed by atoms with E-state index in [2.05, 4.69) is 20.5 Å². The van der Waals surface area contributed by atoms with Gasteiger partial charge in [-0.15, -0.1) is 15.3 Å². The minimum atomic E-state index is 0.142. The Morgan fingerprint density at radius 1 is 1.25 bits per heavy atom. The Hall–Kier alpha value is -2.48. The van der Waals surface area contributed by atoms with Crippen LogP contribution in [0.5, 0.6) is 0 Å². The first-order valence-corrected chi connectivity index (χ1v) is 6.21. The van der Waals surface area contributed by atoms with Gasteiger partial charge in [-0.3, -0.25) is 0 Å².